The minimum Gasteiger partial charge on any atom is -0.459 e. The number of hydrogen-bond acceptors (Lipinski definition) is 5. The van der Waals surface area contributed by atoms with Crippen LogP contribution >= 0.6 is 0 Å². The molecule has 1 aliphatic rings. The molecule has 154 valence electrons. The zero-order valence-electron chi connectivity index (χ0n) is 14.8. The van der Waals surface area contributed by atoms with Crippen LogP contribution in [0.4, 0.5) is 26.3 Å². The summed E-state index contributed by atoms with van der Waals surface area (Å²) in [5.41, 5.74) is -2.28. The Morgan fingerprint density at radius 1 is 1.10 bits per heavy atom. The number of fused-ring (bicyclic) bond motifs is 1. The Kier molecular flexibility index (Phi) is 4.21. The van der Waals surface area contributed by atoms with Crippen molar-refractivity contribution < 1.29 is 31.1 Å². The molecular formula is C17H13F6N5O. The lowest BCUT2D eigenvalue weighted by Gasteiger charge is -2.42. The monoisotopic (exact) mass is 417 g/mol. The van der Waals surface area contributed by atoms with E-state index in [-0.39, 0.29) is 29.7 Å². The SMILES string of the molecule is CC(F)(F)c1nnc2ccc(-c3cnc(OC4(C(F)(F)F)CCC4)c(F)c3)nn12. The van der Waals surface area contributed by atoms with Crippen molar-refractivity contribution >= 4 is 5.65 Å². The second kappa shape index (κ2) is 6.29. The molecule has 0 aromatic carbocycles. The van der Waals surface area contributed by atoms with Gasteiger partial charge in [0.2, 0.25) is 11.4 Å². The molecule has 0 atom stereocenters. The number of rotatable bonds is 4. The van der Waals surface area contributed by atoms with Gasteiger partial charge in [-0.3, -0.25) is 0 Å². The van der Waals surface area contributed by atoms with Gasteiger partial charge < -0.3 is 4.74 Å². The first-order valence-corrected chi connectivity index (χ1v) is 8.53. The van der Waals surface area contributed by atoms with Crippen LogP contribution in [0.3, 0.4) is 0 Å². The second-order valence-electron chi connectivity index (χ2n) is 6.86. The van der Waals surface area contributed by atoms with Crippen LogP contribution in [0, 0.1) is 5.82 Å². The fourth-order valence-electron chi connectivity index (χ4n) is 2.98. The Hall–Kier alpha value is -2.92. The van der Waals surface area contributed by atoms with Crippen molar-refractivity contribution in [1.82, 2.24) is 24.8 Å². The first-order valence-electron chi connectivity index (χ1n) is 8.53. The fourth-order valence-corrected chi connectivity index (χ4v) is 2.98. The van der Waals surface area contributed by atoms with E-state index in [0.29, 0.717) is 13.3 Å². The molecule has 0 spiro atoms. The van der Waals surface area contributed by atoms with E-state index >= 15 is 0 Å². The maximum atomic E-state index is 14.4. The first kappa shape index (κ1) is 19.4. The quantitative estimate of drug-likeness (QED) is 0.593. The third kappa shape index (κ3) is 3.25. The van der Waals surface area contributed by atoms with Crippen LogP contribution in [0.25, 0.3) is 16.9 Å². The summed E-state index contributed by atoms with van der Waals surface area (Å²) in [6, 6.07) is 3.61. The molecule has 6 nitrogen and oxygen atoms in total. The molecular weight excluding hydrogens is 404 g/mol. The van der Waals surface area contributed by atoms with Crippen LogP contribution in [-0.4, -0.2) is 36.6 Å². The Morgan fingerprint density at radius 2 is 1.83 bits per heavy atom. The molecule has 1 saturated carbocycles. The lowest BCUT2D eigenvalue weighted by molar-refractivity contribution is -0.275. The largest absolute Gasteiger partial charge is 0.459 e. The Balaban J connectivity index is 1.68. The number of pyridine rings is 1. The first-order chi connectivity index (χ1) is 13.5. The van der Waals surface area contributed by atoms with Crippen molar-refractivity contribution in [2.75, 3.05) is 0 Å². The third-order valence-electron chi connectivity index (χ3n) is 4.73. The van der Waals surface area contributed by atoms with E-state index in [4.69, 9.17) is 4.74 Å². The molecule has 12 heteroatoms. The highest BCUT2D eigenvalue weighted by Gasteiger charge is 2.61. The number of ether oxygens (including phenoxy) is 1. The minimum absolute atomic E-state index is 0.0509. The maximum absolute atomic E-state index is 14.4. The fraction of sp³-hybridized carbons (Fsp3) is 0.412. The Labute approximate surface area is 159 Å². The molecule has 0 bridgehead atoms. The molecule has 1 aliphatic carbocycles. The van der Waals surface area contributed by atoms with Crippen molar-refractivity contribution in [2.24, 2.45) is 0 Å². The van der Waals surface area contributed by atoms with Gasteiger partial charge in [-0.1, -0.05) is 0 Å². The van der Waals surface area contributed by atoms with Gasteiger partial charge in [-0.2, -0.15) is 31.6 Å². The van der Waals surface area contributed by atoms with Gasteiger partial charge in [-0.15, -0.1) is 10.2 Å². The molecule has 4 rings (SSSR count). The predicted octanol–water partition coefficient (Wildman–Crippen LogP) is 4.30. The van der Waals surface area contributed by atoms with E-state index in [2.05, 4.69) is 20.3 Å². The summed E-state index contributed by atoms with van der Waals surface area (Å²) in [6.45, 7) is 0.627. The van der Waals surface area contributed by atoms with Gasteiger partial charge in [0.05, 0.1) is 5.69 Å². The second-order valence-corrected chi connectivity index (χ2v) is 6.86. The highest BCUT2D eigenvalue weighted by Crippen LogP contribution is 2.48. The van der Waals surface area contributed by atoms with Gasteiger partial charge in [0, 0.05) is 18.7 Å². The number of halogens is 6. The summed E-state index contributed by atoms with van der Waals surface area (Å²) >= 11 is 0. The number of hydrogen-bond donors (Lipinski definition) is 0. The molecule has 3 aromatic rings. The predicted molar refractivity (Wildman–Crippen MR) is 86.8 cm³/mol. The molecule has 0 aliphatic heterocycles. The highest BCUT2D eigenvalue weighted by atomic mass is 19.4. The summed E-state index contributed by atoms with van der Waals surface area (Å²) in [5.74, 6) is -5.93. The normalized spacial score (nSPS) is 16.7. The molecule has 29 heavy (non-hydrogen) atoms. The van der Waals surface area contributed by atoms with Crippen LogP contribution in [0.2, 0.25) is 0 Å². The van der Waals surface area contributed by atoms with E-state index in [0.717, 1.165) is 16.8 Å². The zero-order valence-corrected chi connectivity index (χ0v) is 14.8. The van der Waals surface area contributed by atoms with E-state index in [9.17, 15) is 26.3 Å². The number of aromatic nitrogens is 5. The molecule has 1 fully saturated rings. The molecule has 0 amide bonds. The Morgan fingerprint density at radius 3 is 2.38 bits per heavy atom. The van der Waals surface area contributed by atoms with E-state index in [1.54, 1.807) is 0 Å². The minimum atomic E-state index is -4.65. The lowest BCUT2D eigenvalue weighted by atomic mass is 9.79. The summed E-state index contributed by atoms with van der Waals surface area (Å²) in [7, 11) is 0. The van der Waals surface area contributed by atoms with Crippen LogP contribution in [-0.2, 0) is 5.92 Å². The van der Waals surface area contributed by atoms with Crippen molar-refractivity contribution in [3.63, 3.8) is 0 Å². The van der Waals surface area contributed by atoms with Crippen molar-refractivity contribution in [3.05, 3.63) is 36.0 Å². The van der Waals surface area contributed by atoms with Gasteiger partial charge in [0.15, 0.2) is 11.5 Å². The van der Waals surface area contributed by atoms with Crippen LogP contribution < -0.4 is 4.74 Å². The van der Waals surface area contributed by atoms with Gasteiger partial charge in [0.1, 0.15) is 0 Å². The average molecular weight is 417 g/mol. The van der Waals surface area contributed by atoms with Crippen molar-refractivity contribution in [2.45, 2.75) is 43.9 Å². The summed E-state index contributed by atoms with van der Waals surface area (Å²) in [4.78, 5) is 3.65. The molecule has 0 saturated heterocycles. The van der Waals surface area contributed by atoms with Crippen molar-refractivity contribution in [1.29, 1.82) is 0 Å². The number of nitrogens with zero attached hydrogens (tertiary/aromatic N) is 5. The summed E-state index contributed by atoms with van der Waals surface area (Å²) in [6.07, 6.45) is -3.84. The average Bonchev–Trinajstić information content (AvgIpc) is 3.01. The highest BCUT2D eigenvalue weighted by molar-refractivity contribution is 5.59. The topological polar surface area (TPSA) is 65.2 Å². The maximum Gasteiger partial charge on any atom is 0.428 e. The van der Waals surface area contributed by atoms with Gasteiger partial charge in [-0.05, 0) is 37.5 Å². The van der Waals surface area contributed by atoms with E-state index in [1.807, 2.05) is 0 Å². The van der Waals surface area contributed by atoms with Gasteiger partial charge in [0.25, 0.3) is 5.88 Å². The van der Waals surface area contributed by atoms with Crippen molar-refractivity contribution in [3.8, 4) is 17.1 Å². The zero-order chi connectivity index (χ0) is 21.0. The summed E-state index contributed by atoms with van der Waals surface area (Å²) < 4.78 is 87.0. The van der Waals surface area contributed by atoms with Crippen LogP contribution in [0.5, 0.6) is 5.88 Å². The van der Waals surface area contributed by atoms with E-state index < -0.39 is 35.2 Å². The molecule has 0 unspecified atom stereocenters. The third-order valence-corrected chi connectivity index (χ3v) is 4.73. The number of alkyl halides is 5. The lowest BCUT2D eigenvalue weighted by Crippen LogP contribution is -2.55. The van der Waals surface area contributed by atoms with E-state index in [1.165, 1.54) is 12.1 Å². The molecule has 0 radical (unpaired) electrons. The van der Waals surface area contributed by atoms with Crippen LogP contribution in [0.1, 0.15) is 32.0 Å². The van der Waals surface area contributed by atoms with Gasteiger partial charge in [-0.25, -0.2) is 9.37 Å². The molecule has 0 N–H and O–H groups in total. The van der Waals surface area contributed by atoms with Gasteiger partial charge >= 0.3 is 12.1 Å². The molecule has 3 aromatic heterocycles. The Bertz CT molecular complexity index is 1070. The molecule has 3 heterocycles. The summed E-state index contributed by atoms with van der Waals surface area (Å²) in [5, 5.41) is 10.9. The standard InChI is InChI=1S/C17H13F6N5O/c1-15(19,20)14-26-25-12-4-3-11(27-28(12)14)9-7-10(18)13(24-8-9)29-16(5-2-6-16)17(21,22)23/h3-4,7-8H,2,5-6H2,1H3. The smallest absolute Gasteiger partial charge is 0.428 e. The van der Waals surface area contributed by atoms with Crippen LogP contribution in [0.15, 0.2) is 24.4 Å².